The van der Waals surface area contributed by atoms with Gasteiger partial charge in [-0.15, -0.1) is 0 Å². The third-order valence-corrected chi connectivity index (χ3v) is 4.64. The van der Waals surface area contributed by atoms with E-state index >= 15 is 0 Å². The zero-order valence-electron chi connectivity index (χ0n) is 18.5. The summed E-state index contributed by atoms with van der Waals surface area (Å²) in [6.45, 7) is 5.65. The predicted molar refractivity (Wildman–Crippen MR) is 120 cm³/mol. The topological polar surface area (TPSA) is 111 Å². The van der Waals surface area contributed by atoms with Crippen molar-refractivity contribution in [2.24, 2.45) is 0 Å². The molecule has 2 aromatic carbocycles. The van der Waals surface area contributed by atoms with Crippen LogP contribution in [0.1, 0.15) is 47.7 Å². The van der Waals surface area contributed by atoms with Crippen molar-refractivity contribution in [3.63, 3.8) is 0 Å². The van der Waals surface area contributed by atoms with Crippen molar-refractivity contribution >= 4 is 35.1 Å². The summed E-state index contributed by atoms with van der Waals surface area (Å²) in [5, 5.41) is 5.34. The first-order valence-corrected chi connectivity index (χ1v) is 10.4. The molecule has 0 aliphatic rings. The minimum atomic E-state index is -0.648. The number of hydrogen-bond acceptors (Lipinski definition) is 6. The highest BCUT2D eigenvalue weighted by atomic mass is 16.5. The lowest BCUT2D eigenvalue weighted by molar-refractivity contribution is -0.147. The lowest BCUT2D eigenvalue weighted by Crippen LogP contribution is -2.22. The highest BCUT2D eigenvalue weighted by Gasteiger charge is 2.12. The molecule has 8 heteroatoms. The molecule has 0 radical (unpaired) electrons. The zero-order valence-corrected chi connectivity index (χ0v) is 18.5. The van der Waals surface area contributed by atoms with Crippen molar-refractivity contribution in [2.75, 3.05) is 23.8 Å². The molecular weight excluding hydrogens is 412 g/mol. The summed E-state index contributed by atoms with van der Waals surface area (Å²) in [6.07, 6.45) is 0.473. The quantitative estimate of drug-likeness (QED) is 0.544. The molecule has 0 fully saturated rings. The molecule has 0 aliphatic heterocycles. The number of aryl methyl sites for hydroxylation is 1. The van der Waals surface area contributed by atoms with Gasteiger partial charge in [-0.1, -0.05) is 19.1 Å². The van der Waals surface area contributed by atoms with Gasteiger partial charge in [0.1, 0.15) is 0 Å². The Labute approximate surface area is 187 Å². The fraction of sp³-hybridized carbons (Fsp3) is 0.333. The Bertz CT molecular complexity index is 969. The van der Waals surface area contributed by atoms with E-state index in [0.717, 1.165) is 17.5 Å². The maximum Gasteiger partial charge on any atom is 0.338 e. The van der Waals surface area contributed by atoms with Gasteiger partial charge >= 0.3 is 11.9 Å². The van der Waals surface area contributed by atoms with Gasteiger partial charge in [-0.2, -0.15) is 0 Å². The van der Waals surface area contributed by atoms with Gasteiger partial charge in [0.15, 0.2) is 6.61 Å². The first-order chi connectivity index (χ1) is 15.3. The minimum absolute atomic E-state index is 0.0995. The Hall–Kier alpha value is -3.68. The van der Waals surface area contributed by atoms with E-state index in [1.165, 1.54) is 0 Å². The first kappa shape index (κ1) is 24.6. The molecule has 0 atom stereocenters. The fourth-order valence-electron chi connectivity index (χ4n) is 2.70. The molecule has 0 saturated heterocycles. The van der Waals surface area contributed by atoms with Crippen LogP contribution in [-0.4, -0.2) is 37.0 Å². The van der Waals surface area contributed by atoms with E-state index in [4.69, 9.17) is 9.47 Å². The van der Waals surface area contributed by atoms with Gasteiger partial charge < -0.3 is 20.1 Å². The molecule has 2 N–H and O–H groups in total. The number of nitrogens with one attached hydrogen (secondary N) is 2. The van der Waals surface area contributed by atoms with E-state index in [2.05, 4.69) is 10.6 Å². The van der Waals surface area contributed by atoms with Gasteiger partial charge in [0.2, 0.25) is 5.91 Å². The molecule has 32 heavy (non-hydrogen) atoms. The van der Waals surface area contributed by atoms with E-state index in [1.807, 2.05) is 32.9 Å². The molecule has 0 aromatic heterocycles. The molecule has 2 amide bonds. The summed E-state index contributed by atoms with van der Waals surface area (Å²) in [7, 11) is 0. The maximum atomic E-state index is 12.0. The molecular formula is C24H28N2O6. The molecule has 0 heterocycles. The van der Waals surface area contributed by atoms with Gasteiger partial charge in [0, 0.05) is 17.8 Å². The van der Waals surface area contributed by atoms with Crippen LogP contribution in [0.3, 0.4) is 0 Å². The summed E-state index contributed by atoms with van der Waals surface area (Å²) in [5.74, 6) is -1.91. The van der Waals surface area contributed by atoms with E-state index < -0.39 is 24.5 Å². The second-order valence-electron chi connectivity index (χ2n) is 7.22. The fourth-order valence-corrected chi connectivity index (χ4v) is 2.70. The Morgan fingerprint density at radius 1 is 0.844 bits per heavy atom. The molecule has 0 spiro atoms. The predicted octanol–water partition coefficient (Wildman–Crippen LogP) is 3.77. The van der Waals surface area contributed by atoms with Crippen LogP contribution in [0.15, 0.2) is 42.5 Å². The average Bonchev–Trinajstić information content (AvgIpc) is 2.78. The van der Waals surface area contributed by atoms with Gasteiger partial charge in [-0.25, -0.2) is 4.79 Å². The molecule has 0 bridgehead atoms. The van der Waals surface area contributed by atoms with E-state index in [1.54, 1.807) is 30.3 Å². The highest BCUT2D eigenvalue weighted by molar-refractivity contribution is 5.95. The zero-order chi connectivity index (χ0) is 23.5. The molecule has 2 rings (SSSR count). The largest absolute Gasteiger partial charge is 0.462 e. The molecule has 0 aliphatic carbocycles. The van der Waals surface area contributed by atoms with Crippen LogP contribution in [0.5, 0.6) is 0 Å². The van der Waals surface area contributed by atoms with Crippen molar-refractivity contribution in [3.05, 3.63) is 59.2 Å². The van der Waals surface area contributed by atoms with Crippen LogP contribution < -0.4 is 10.6 Å². The SMILES string of the molecule is CCCOC(=O)c1ccc(NC(=O)CCC(=O)OCC(=O)Nc2cccc(C)c2C)cc1. The summed E-state index contributed by atoms with van der Waals surface area (Å²) in [5.41, 5.74) is 3.52. The lowest BCUT2D eigenvalue weighted by atomic mass is 10.1. The number of benzene rings is 2. The molecule has 2 aromatic rings. The van der Waals surface area contributed by atoms with Crippen LogP contribution in [0.2, 0.25) is 0 Å². The second-order valence-corrected chi connectivity index (χ2v) is 7.22. The number of rotatable bonds is 10. The summed E-state index contributed by atoms with van der Waals surface area (Å²) < 4.78 is 9.98. The minimum Gasteiger partial charge on any atom is -0.462 e. The Morgan fingerprint density at radius 2 is 1.56 bits per heavy atom. The van der Waals surface area contributed by atoms with E-state index in [0.29, 0.717) is 23.5 Å². The normalized spacial score (nSPS) is 10.2. The van der Waals surface area contributed by atoms with Gasteiger partial charge in [-0.05, 0) is 61.7 Å². The lowest BCUT2D eigenvalue weighted by Gasteiger charge is -2.10. The standard InChI is InChI=1S/C24H28N2O6/c1-4-14-31-24(30)18-8-10-19(11-9-18)25-21(27)12-13-23(29)32-15-22(28)26-20-7-5-6-16(2)17(20)3/h5-11H,4,12-15H2,1-3H3,(H,25,27)(H,26,28). The van der Waals surface area contributed by atoms with E-state index in [-0.39, 0.29) is 18.7 Å². The molecule has 170 valence electrons. The van der Waals surface area contributed by atoms with Crippen molar-refractivity contribution < 1.29 is 28.7 Å². The smallest absolute Gasteiger partial charge is 0.338 e. The molecule has 8 nitrogen and oxygen atoms in total. The molecule has 0 saturated carbocycles. The van der Waals surface area contributed by atoms with Crippen LogP contribution in [0, 0.1) is 13.8 Å². The number of hydrogen-bond donors (Lipinski definition) is 2. The Morgan fingerprint density at radius 3 is 2.25 bits per heavy atom. The van der Waals surface area contributed by atoms with Gasteiger partial charge in [-0.3, -0.25) is 14.4 Å². The number of ether oxygens (including phenoxy) is 2. The number of carbonyl (C=O) groups excluding carboxylic acids is 4. The van der Waals surface area contributed by atoms with Crippen molar-refractivity contribution in [2.45, 2.75) is 40.0 Å². The number of esters is 2. The van der Waals surface area contributed by atoms with Crippen LogP contribution in [0.25, 0.3) is 0 Å². The van der Waals surface area contributed by atoms with E-state index in [9.17, 15) is 19.2 Å². The summed E-state index contributed by atoms with van der Waals surface area (Å²) in [4.78, 5) is 47.6. The van der Waals surface area contributed by atoms with Crippen molar-refractivity contribution in [1.82, 2.24) is 0 Å². The number of amides is 2. The highest BCUT2D eigenvalue weighted by Crippen LogP contribution is 2.17. The Balaban J connectivity index is 1.71. The van der Waals surface area contributed by atoms with Crippen molar-refractivity contribution in [1.29, 1.82) is 0 Å². The second kappa shape index (κ2) is 12.2. The maximum absolute atomic E-state index is 12.0. The first-order valence-electron chi connectivity index (χ1n) is 10.4. The number of carbonyl (C=O) groups is 4. The van der Waals surface area contributed by atoms with Crippen molar-refractivity contribution in [3.8, 4) is 0 Å². The molecule has 0 unspecified atom stereocenters. The third kappa shape index (κ3) is 7.86. The van der Waals surface area contributed by atoms with Crippen LogP contribution in [0.4, 0.5) is 11.4 Å². The third-order valence-electron chi connectivity index (χ3n) is 4.64. The van der Waals surface area contributed by atoms with Gasteiger partial charge in [0.05, 0.1) is 18.6 Å². The number of anilines is 2. The Kier molecular flexibility index (Phi) is 9.41. The summed E-state index contributed by atoms with van der Waals surface area (Å²) in [6, 6.07) is 11.8. The van der Waals surface area contributed by atoms with Crippen LogP contribution in [-0.2, 0) is 23.9 Å². The monoisotopic (exact) mass is 440 g/mol. The van der Waals surface area contributed by atoms with Gasteiger partial charge in [0.25, 0.3) is 5.91 Å². The summed E-state index contributed by atoms with van der Waals surface area (Å²) >= 11 is 0. The average molecular weight is 440 g/mol. The van der Waals surface area contributed by atoms with Crippen LogP contribution >= 0.6 is 0 Å².